The zero-order chi connectivity index (χ0) is 15.9. The third-order valence-electron chi connectivity index (χ3n) is 2.72. The highest BCUT2D eigenvalue weighted by atomic mass is 35.5. The lowest BCUT2D eigenvalue weighted by Gasteiger charge is -2.09. The minimum absolute atomic E-state index is 0.0668. The molecular formula is C13H20ClFN2O3S. The molecule has 21 heavy (non-hydrogen) atoms. The van der Waals surface area contributed by atoms with E-state index in [2.05, 4.69) is 11.6 Å². The van der Waals surface area contributed by atoms with Crippen molar-refractivity contribution in [3.8, 4) is 0 Å². The van der Waals surface area contributed by atoms with Gasteiger partial charge in [0.2, 0.25) is 10.0 Å². The molecule has 0 amide bonds. The van der Waals surface area contributed by atoms with Gasteiger partial charge in [-0.05, 0) is 25.0 Å². The molecule has 8 heteroatoms. The zero-order valence-corrected chi connectivity index (χ0v) is 13.4. The smallest absolute Gasteiger partial charge is 0.243 e. The molecule has 0 fully saturated rings. The van der Waals surface area contributed by atoms with Crippen LogP contribution in [-0.2, 0) is 14.8 Å². The number of hydrogen-bond donors (Lipinski definition) is 2. The molecule has 0 aliphatic heterocycles. The number of anilines is 1. The monoisotopic (exact) mass is 338 g/mol. The highest BCUT2D eigenvalue weighted by Crippen LogP contribution is 2.24. The predicted molar refractivity (Wildman–Crippen MR) is 81.4 cm³/mol. The molecule has 0 unspecified atom stereocenters. The first-order valence-corrected chi connectivity index (χ1v) is 8.56. The van der Waals surface area contributed by atoms with Crippen LogP contribution in [0.4, 0.5) is 10.1 Å². The van der Waals surface area contributed by atoms with E-state index in [1.54, 1.807) is 0 Å². The Morgan fingerprint density at radius 1 is 1.33 bits per heavy atom. The fourth-order valence-corrected chi connectivity index (χ4v) is 3.08. The standard InChI is InChI=1S/C13H20ClFN2O3S/c1-2-3-6-20-7-4-5-17-21(18,19)12-9-10(14)8-11(16)13(12)15/h8-9,17H,2-7,16H2,1H3. The van der Waals surface area contributed by atoms with Crippen molar-refractivity contribution in [2.75, 3.05) is 25.5 Å². The van der Waals surface area contributed by atoms with Crippen LogP contribution in [0.3, 0.4) is 0 Å². The molecule has 0 saturated heterocycles. The number of ether oxygens (including phenoxy) is 1. The second kappa shape index (κ2) is 8.53. The molecule has 1 aromatic rings. The first-order chi connectivity index (χ1) is 9.88. The molecule has 120 valence electrons. The van der Waals surface area contributed by atoms with Crippen LogP contribution in [0.25, 0.3) is 0 Å². The molecule has 0 radical (unpaired) electrons. The van der Waals surface area contributed by atoms with Crippen LogP contribution in [0.5, 0.6) is 0 Å². The van der Waals surface area contributed by atoms with E-state index in [4.69, 9.17) is 22.1 Å². The molecule has 1 aromatic carbocycles. The second-order valence-electron chi connectivity index (χ2n) is 4.52. The van der Waals surface area contributed by atoms with E-state index in [0.29, 0.717) is 19.6 Å². The maximum absolute atomic E-state index is 13.8. The molecular weight excluding hydrogens is 319 g/mol. The van der Waals surface area contributed by atoms with Gasteiger partial charge in [0, 0.05) is 24.8 Å². The number of nitrogens with one attached hydrogen (secondary N) is 1. The molecule has 5 nitrogen and oxygen atoms in total. The number of unbranched alkanes of at least 4 members (excludes halogenated alkanes) is 1. The number of benzene rings is 1. The number of nitrogens with two attached hydrogens (primary N) is 1. The Kier molecular flexibility index (Phi) is 7.37. The van der Waals surface area contributed by atoms with Crippen molar-refractivity contribution in [2.45, 2.75) is 31.1 Å². The number of nitrogen functional groups attached to an aromatic ring is 1. The van der Waals surface area contributed by atoms with Crippen molar-refractivity contribution in [3.05, 3.63) is 23.0 Å². The van der Waals surface area contributed by atoms with Crippen LogP contribution in [0, 0.1) is 5.82 Å². The average molecular weight is 339 g/mol. The predicted octanol–water partition coefficient (Wildman–Crippen LogP) is 2.55. The van der Waals surface area contributed by atoms with Crippen molar-refractivity contribution in [1.82, 2.24) is 4.72 Å². The first kappa shape index (κ1) is 18.2. The van der Waals surface area contributed by atoms with Crippen molar-refractivity contribution in [2.24, 2.45) is 0 Å². The fourth-order valence-electron chi connectivity index (χ4n) is 1.59. The molecule has 0 atom stereocenters. The van der Waals surface area contributed by atoms with Gasteiger partial charge in [-0.3, -0.25) is 0 Å². The summed E-state index contributed by atoms with van der Waals surface area (Å²) in [6.45, 7) is 3.31. The molecule has 3 N–H and O–H groups in total. The van der Waals surface area contributed by atoms with Crippen LogP contribution in [0.2, 0.25) is 5.02 Å². The van der Waals surface area contributed by atoms with E-state index < -0.39 is 20.7 Å². The van der Waals surface area contributed by atoms with Gasteiger partial charge in [-0.25, -0.2) is 17.5 Å². The summed E-state index contributed by atoms with van der Waals surface area (Å²) < 4.78 is 45.3. The van der Waals surface area contributed by atoms with Gasteiger partial charge in [-0.1, -0.05) is 24.9 Å². The summed E-state index contributed by atoms with van der Waals surface area (Å²) in [5.74, 6) is -0.994. The lowest BCUT2D eigenvalue weighted by atomic mass is 10.3. The summed E-state index contributed by atoms with van der Waals surface area (Å²) in [5, 5.41) is 0.0668. The zero-order valence-electron chi connectivity index (χ0n) is 11.9. The average Bonchev–Trinajstić information content (AvgIpc) is 2.41. The van der Waals surface area contributed by atoms with Crippen LogP contribution in [-0.4, -0.2) is 28.2 Å². The first-order valence-electron chi connectivity index (χ1n) is 6.70. The molecule has 0 saturated carbocycles. The largest absolute Gasteiger partial charge is 0.396 e. The lowest BCUT2D eigenvalue weighted by molar-refractivity contribution is 0.130. The van der Waals surface area contributed by atoms with Crippen LogP contribution >= 0.6 is 11.6 Å². The van der Waals surface area contributed by atoms with E-state index in [-0.39, 0.29) is 17.3 Å². The lowest BCUT2D eigenvalue weighted by Crippen LogP contribution is -2.26. The highest BCUT2D eigenvalue weighted by Gasteiger charge is 2.21. The molecule has 0 bridgehead atoms. The summed E-state index contributed by atoms with van der Waals surface area (Å²) in [7, 11) is -3.98. The van der Waals surface area contributed by atoms with E-state index in [0.717, 1.165) is 25.0 Å². The quantitative estimate of drug-likeness (QED) is 0.535. The van der Waals surface area contributed by atoms with Crippen LogP contribution in [0.1, 0.15) is 26.2 Å². The third-order valence-corrected chi connectivity index (χ3v) is 4.40. The van der Waals surface area contributed by atoms with Gasteiger partial charge >= 0.3 is 0 Å². The minimum atomic E-state index is -3.98. The number of rotatable bonds is 9. The van der Waals surface area contributed by atoms with E-state index >= 15 is 0 Å². The Labute approximate surface area is 129 Å². The van der Waals surface area contributed by atoms with Crippen molar-refractivity contribution >= 4 is 27.3 Å². The highest BCUT2D eigenvalue weighted by molar-refractivity contribution is 7.89. The maximum atomic E-state index is 13.8. The summed E-state index contributed by atoms with van der Waals surface area (Å²) in [6, 6.07) is 2.20. The van der Waals surface area contributed by atoms with Gasteiger partial charge in [-0.15, -0.1) is 0 Å². The summed E-state index contributed by atoms with van der Waals surface area (Å²) in [6.07, 6.45) is 2.52. The van der Waals surface area contributed by atoms with Gasteiger partial charge in [0.1, 0.15) is 4.90 Å². The summed E-state index contributed by atoms with van der Waals surface area (Å²) in [4.78, 5) is -0.542. The van der Waals surface area contributed by atoms with Gasteiger partial charge in [0.25, 0.3) is 0 Å². The molecule has 0 heterocycles. The fraction of sp³-hybridized carbons (Fsp3) is 0.538. The number of sulfonamides is 1. The summed E-state index contributed by atoms with van der Waals surface area (Å²) >= 11 is 5.70. The second-order valence-corrected chi connectivity index (χ2v) is 6.70. The Balaban J connectivity index is 2.55. The SMILES string of the molecule is CCCCOCCCNS(=O)(=O)c1cc(Cl)cc(N)c1F. The Hall–Kier alpha value is -0.890. The Bertz CT molecular complexity index is 567. The Morgan fingerprint density at radius 2 is 2.00 bits per heavy atom. The third kappa shape index (κ3) is 5.78. The number of halogens is 2. The van der Waals surface area contributed by atoms with Crippen molar-refractivity contribution in [3.63, 3.8) is 0 Å². The summed E-state index contributed by atoms with van der Waals surface area (Å²) in [5.41, 5.74) is 5.07. The molecule has 0 aromatic heterocycles. The molecule has 0 aliphatic carbocycles. The number of hydrogen-bond acceptors (Lipinski definition) is 4. The molecule has 0 aliphatic rings. The minimum Gasteiger partial charge on any atom is -0.396 e. The maximum Gasteiger partial charge on any atom is 0.243 e. The van der Waals surface area contributed by atoms with Gasteiger partial charge in [0.15, 0.2) is 5.82 Å². The van der Waals surface area contributed by atoms with Crippen molar-refractivity contribution < 1.29 is 17.5 Å². The van der Waals surface area contributed by atoms with E-state index in [1.165, 1.54) is 0 Å². The van der Waals surface area contributed by atoms with Gasteiger partial charge in [0.05, 0.1) is 5.69 Å². The van der Waals surface area contributed by atoms with Crippen LogP contribution in [0.15, 0.2) is 17.0 Å². The van der Waals surface area contributed by atoms with E-state index in [1.807, 2.05) is 0 Å². The molecule has 0 spiro atoms. The van der Waals surface area contributed by atoms with Gasteiger partial charge in [-0.2, -0.15) is 0 Å². The van der Waals surface area contributed by atoms with Crippen molar-refractivity contribution in [1.29, 1.82) is 0 Å². The van der Waals surface area contributed by atoms with Crippen LogP contribution < -0.4 is 10.5 Å². The molecule has 1 rings (SSSR count). The normalized spacial score (nSPS) is 11.8. The Morgan fingerprint density at radius 3 is 2.67 bits per heavy atom. The topological polar surface area (TPSA) is 81.4 Å². The van der Waals surface area contributed by atoms with Gasteiger partial charge < -0.3 is 10.5 Å². The van der Waals surface area contributed by atoms with E-state index in [9.17, 15) is 12.8 Å².